The number of amides is 3. The van der Waals surface area contributed by atoms with E-state index in [9.17, 15) is 14.4 Å². The molecule has 1 unspecified atom stereocenters. The third kappa shape index (κ3) is 3.84. The van der Waals surface area contributed by atoms with Crippen LogP contribution in [0.5, 0.6) is 0 Å². The van der Waals surface area contributed by atoms with Gasteiger partial charge in [-0.1, -0.05) is 30.3 Å². The maximum absolute atomic E-state index is 12.5. The Hall–Kier alpha value is -2.37. The number of piperazine rings is 1. The fourth-order valence-electron chi connectivity index (χ4n) is 2.43. The number of nitrogens with zero attached hydrogens (tertiary/aromatic N) is 1. The van der Waals surface area contributed by atoms with Crippen LogP contribution in [0.3, 0.4) is 0 Å². The summed E-state index contributed by atoms with van der Waals surface area (Å²) in [6.45, 7) is 4.34. The molecule has 118 valence electrons. The van der Waals surface area contributed by atoms with Gasteiger partial charge in [0.1, 0.15) is 0 Å². The summed E-state index contributed by atoms with van der Waals surface area (Å²) in [6.07, 6.45) is 0.180. The van der Waals surface area contributed by atoms with E-state index in [1.165, 1.54) is 4.90 Å². The predicted molar refractivity (Wildman–Crippen MR) is 81.9 cm³/mol. The molecule has 6 heteroatoms. The summed E-state index contributed by atoms with van der Waals surface area (Å²) in [7, 11) is 0. The number of nitrogens with one attached hydrogen (secondary N) is 2. The van der Waals surface area contributed by atoms with Crippen molar-refractivity contribution in [1.29, 1.82) is 0 Å². The molecule has 0 saturated carbocycles. The molecule has 1 aliphatic rings. The monoisotopic (exact) mass is 303 g/mol. The van der Waals surface area contributed by atoms with Gasteiger partial charge in [-0.25, -0.2) is 0 Å². The van der Waals surface area contributed by atoms with Crippen LogP contribution in [0, 0.1) is 0 Å². The van der Waals surface area contributed by atoms with E-state index in [0.29, 0.717) is 13.1 Å². The van der Waals surface area contributed by atoms with Crippen LogP contribution in [0.1, 0.15) is 19.4 Å². The van der Waals surface area contributed by atoms with Crippen LogP contribution in [0.2, 0.25) is 0 Å². The van der Waals surface area contributed by atoms with Crippen LogP contribution in [-0.2, 0) is 20.8 Å². The van der Waals surface area contributed by atoms with E-state index in [1.807, 2.05) is 44.2 Å². The summed E-state index contributed by atoms with van der Waals surface area (Å²) in [5, 5.41) is 5.34. The first-order valence-corrected chi connectivity index (χ1v) is 7.40. The Labute approximate surface area is 129 Å². The minimum absolute atomic E-state index is 0.0895. The van der Waals surface area contributed by atoms with Crippen LogP contribution in [0.25, 0.3) is 0 Å². The number of hydrogen-bond acceptors (Lipinski definition) is 3. The van der Waals surface area contributed by atoms with Gasteiger partial charge in [-0.3, -0.25) is 14.4 Å². The van der Waals surface area contributed by atoms with Gasteiger partial charge < -0.3 is 15.5 Å². The van der Waals surface area contributed by atoms with Gasteiger partial charge in [-0.15, -0.1) is 0 Å². The van der Waals surface area contributed by atoms with Crippen molar-refractivity contribution in [3.8, 4) is 0 Å². The molecule has 0 spiro atoms. The molecule has 22 heavy (non-hydrogen) atoms. The van der Waals surface area contributed by atoms with E-state index in [-0.39, 0.29) is 18.4 Å². The third-order valence-corrected chi connectivity index (χ3v) is 3.41. The van der Waals surface area contributed by atoms with Crippen molar-refractivity contribution in [2.45, 2.75) is 32.4 Å². The van der Waals surface area contributed by atoms with Crippen LogP contribution in [0.15, 0.2) is 30.3 Å². The minimum atomic E-state index is -1.09. The van der Waals surface area contributed by atoms with Crippen molar-refractivity contribution in [1.82, 2.24) is 15.5 Å². The van der Waals surface area contributed by atoms with Crippen LogP contribution >= 0.6 is 0 Å². The second kappa shape index (κ2) is 7.06. The van der Waals surface area contributed by atoms with Crippen molar-refractivity contribution in [2.24, 2.45) is 0 Å². The molecule has 0 bridgehead atoms. The van der Waals surface area contributed by atoms with Gasteiger partial charge in [-0.2, -0.15) is 0 Å². The standard InChI is InChI=1S/C16H21N3O3/c1-11(2)18-16(22)14-15(21)17-8-9-19(14)13(20)10-12-6-4-3-5-7-12/h3-7,11,14H,8-10H2,1-2H3,(H,17,21)(H,18,22). The molecule has 1 atom stereocenters. The van der Waals surface area contributed by atoms with Gasteiger partial charge in [0.05, 0.1) is 6.42 Å². The van der Waals surface area contributed by atoms with Crippen molar-refractivity contribution in [3.63, 3.8) is 0 Å². The zero-order chi connectivity index (χ0) is 16.1. The summed E-state index contributed by atoms with van der Waals surface area (Å²) in [6, 6.07) is 8.11. The van der Waals surface area contributed by atoms with Crippen molar-refractivity contribution < 1.29 is 14.4 Å². The normalized spacial score (nSPS) is 18.0. The average Bonchev–Trinajstić information content (AvgIpc) is 2.47. The first-order chi connectivity index (χ1) is 10.5. The summed E-state index contributed by atoms with van der Waals surface area (Å²) in [5.41, 5.74) is 0.862. The molecule has 6 nitrogen and oxygen atoms in total. The molecule has 1 heterocycles. The lowest BCUT2D eigenvalue weighted by Crippen LogP contribution is -2.63. The molecular formula is C16H21N3O3. The highest BCUT2D eigenvalue weighted by atomic mass is 16.2. The highest BCUT2D eigenvalue weighted by molar-refractivity contribution is 6.07. The lowest BCUT2D eigenvalue weighted by atomic mass is 10.1. The van der Waals surface area contributed by atoms with Gasteiger partial charge in [-0.05, 0) is 19.4 Å². The van der Waals surface area contributed by atoms with E-state index in [2.05, 4.69) is 10.6 Å². The topological polar surface area (TPSA) is 78.5 Å². The van der Waals surface area contributed by atoms with Gasteiger partial charge in [0.15, 0.2) is 6.04 Å². The Bertz CT molecular complexity index is 557. The SMILES string of the molecule is CC(C)NC(=O)C1C(=O)NCCN1C(=O)Cc1ccccc1. The van der Waals surface area contributed by atoms with Gasteiger partial charge in [0, 0.05) is 19.1 Å². The van der Waals surface area contributed by atoms with Crippen LogP contribution in [-0.4, -0.2) is 47.8 Å². The summed E-state index contributed by atoms with van der Waals surface area (Å²) in [5.74, 6) is -1.08. The van der Waals surface area contributed by atoms with Crippen LogP contribution in [0.4, 0.5) is 0 Å². The lowest BCUT2D eigenvalue weighted by Gasteiger charge is -2.34. The second-order valence-electron chi connectivity index (χ2n) is 5.61. The minimum Gasteiger partial charge on any atom is -0.352 e. The molecule has 1 saturated heterocycles. The van der Waals surface area contributed by atoms with Crippen molar-refractivity contribution >= 4 is 17.7 Å². The maximum atomic E-state index is 12.5. The van der Waals surface area contributed by atoms with E-state index in [0.717, 1.165) is 5.56 Å². The largest absolute Gasteiger partial charge is 0.352 e. The number of carbonyl (C=O) groups is 3. The number of hydrogen-bond donors (Lipinski definition) is 2. The molecule has 0 aliphatic carbocycles. The average molecular weight is 303 g/mol. The molecule has 1 aromatic carbocycles. The highest BCUT2D eigenvalue weighted by Crippen LogP contribution is 2.10. The summed E-state index contributed by atoms with van der Waals surface area (Å²) < 4.78 is 0. The molecule has 2 N–H and O–H groups in total. The van der Waals surface area contributed by atoms with Crippen molar-refractivity contribution in [3.05, 3.63) is 35.9 Å². The van der Waals surface area contributed by atoms with Gasteiger partial charge in [0.25, 0.3) is 11.8 Å². The Balaban J connectivity index is 2.13. The number of rotatable bonds is 4. The molecule has 1 aliphatic heterocycles. The second-order valence-corrected chi connectivity index (χ2v) is 5.61. The molecular weight excluding hydrogens is 282 g/mol. The van der Waals surface area contributed by atoms with E-state index >= 15 is 0 Å². The Morgan fingerprint density at radius 2 is 2.00 bits per heavy atom. The lowest BCUT2D eigenvalue weighted by molar-refractivity contribution is -0.149. The maximum Gasteiger partial charge on any atom is 0.252 e. The highest BCUT2D eigenvalue weighted by Gasteiger charge is 2.38. The van der Waals surface area contributed by atoms with Crippen LogP contribution < -0.4 is 10.6 Å². The van der Waals surface area contributed by atoms with E-state index in [1.54, 1.807) is 0 Å². The first kappa shape index (κ1) is 16.0. The van der Waals surface area contributed by atoms with Gasteiger partial charge in [0.2, 0.25) is 5.91 Å². The predicted octanol–water partition coefficient (Wildman–Crippen LogP) is 0.0807. The number of carbonyl (C=O) groups excluding carboxylic acids is 3. The Morgan fingerprint density at radius 3 is 2.64 bits per heavy atom. The quantitative estimate of drug-likeness (QED) is 0.773. The Morgan fingerprint density at radius 1 is 1.32 bits per heavy atom. The van der Waals surface area contributed by atoms with Gasteiger partial charge >= 0.3 is 0 Å². The first-order valence-electron chi connectivity index (χ1n) is 7.40. The molecule has 1 aromatic rings. The smallest absolute Gasteiger partial charge is 0.252 e. The third-order valence-electron chi connectivity index (χ3n) is 3.41. The molecule has 3 amide bonds. The zero-order valence-electron chi connectivity index (χ0n) is 12.8. The number of benzene rings is 1. The fraction of sp³-hybridized carbons (Fsp3) is 0.438. The van der Waals surface area contributed by atoms with E-state index < -0.39 is 17.9 Å². The molecule has 1 fully saturated rings. The summed E-state index contributed by atoms with van der Waals surface area (Å²) in [4.78, 5) is 38.1. The fourth-order valence-corrected chi connectivity index (χ4v) is 2.43. The van der Waals surface area contributed by atoms with E-state index in [4.69, 9.17) is 0 Å². The van der Waals surface area contributed by atoms with Crippen molar-refractivity contribution in [2.75, 3.05) is 13.1 Å². The molecule has 0 aromatic heterocycles. The molecule has 2 rings (SSSR count). The summed E-state index contributed by atoms with van der Waals surface area (Å²) >= 11 is 0. The Kier molecular flexibility index (Phi) is 5.14. The molecule has 0 radical (unpaired) electrons. The zero-order valence-corrected chi connectivity index (χ0v) is 12.8.